The fraction of sp³-hybridized carbons (Fsp3) is 0.250. The maximum Gasteiger partial charge on any atom is 0.310 e. The van der Waals surface area contributed by atoms with E-state index in [2.05, 4.69) is 4.98 Å². The number of methoxy groups -OCH3 is 2. The van der Waals surface area contributed by atoms with Crippen LogP contribution in [0, 0.1) is 0 Å². The van der Waals surface area contributed by atoms with Crippen molar-refractivity contribution < 1.29 is 19.0 Å². The van der Waals surface area contributed by atoms with Crippen molar-refractivity contribution in [1.29, 1.82) is 0 Å². The van der Waals surface area contributed by atoms with Gasteiger partial charge in [-0.1, -0.05) is 17.7 Å². The number of nitrogens with zero attached hydrogens (tertiary/aromatic N) is 1. The number of rotatable bonds is 6. The lowest BCUT2D eigenvalue weighted by atomic mass is 10.1. The van der Waals surface area contributed by atoms with Crippen LogP contribution in [0.15, 0.2) is 36.5 Å². The summed E-state index contributed by atoms with van der Waals surface area (Å²) in [6, 6.07) is 8.69. The van der Waals surface area contributed by atoms with E-state index < -0.39 is 0 Å². The van der Waals surface area contributed by atoms with Crippen molar-refractivity contribution >= 4 is 17.6 Å². The second-order valence-corrected chi connectivity index (χ2v) is 4.89. The molecular weight excluding hydrogens is 306 g/mol. The number of hydrogen-bond acceptors (Lipinski definition) is 5. The quantitative estimate of drug-likeness (QED) is 0.604. The third-order valence-corrected chi connectivity index (χ3v) is 3.23. The summed E-state index contributed by atoms with van der Waals surface area (Å²) in [7, 11) is 3.12. The molecule has 1 aromatic carbocycles. The minimum Gasteiger partial charge on any atom is -0.497 e. The number of esters is 1. The van der Waals surface area contributed by atoms with Crippen LogP contribution in [-0.2, 0) is 22.6 Å². The maximum absolute atomic E-state index is 12.0. The summed E-state index contributed by atoms with van der Waals surface area (Å²) in [4.78, 5) is 15.9. The lowest BCUT2D eigenvalue weighted by Crippen LogP contribution is -2.09. The van der Waals surface area contributed by atoms with E-state index in [1.807, 2.05) is 0 Å². The second-order valence-electron chi connectivity index (χ2n) is 4.50. The van der Waals surface area contributed by atoms with E-state index in [1.54, 1.807) is 50.7 Å². The van der Waals surface area contributed by atoms with Crippen molar-refractivity contribution in [3.8, 4) is 11.5 Å². The van der Waals surface area contributed by atoms with Crippen molar-refractivity contribution in [3.63, 3.8) is 0 Å². The molecule has 0 N–H and O–H groups in total. The number of aromatic nitrogens is 1. The maximum atomic E-state index is 12.0. The van der Waals surface area contributed by atoms with Gasteiger partial charge in [0.25, 0.3) is 0 Å². The molecule has 6 heteroatoms. The van der Waals surface area contributed by atoms with Crippen molar-refractivity contribution in [3.05, 3.63) is 52.8 Å². The lowest BCUT2D eigenvalue weighted by molar-refractivity contribution is -0.144. The van der Waals surface area contributed by atoms with E-state index in [4.69, 9.17) is 25.8 Å². The van der Waals surface area contributed by atoms with E-state index >= 15 is 0 Å². The summed E-state index contributed by atoms with van der Waals surface area (Å²) in [5.74, 6) is 0.915. The molecule has 1 heterocycles. The van der Waals surface area contributed by atoms with Gasteiger partial charge in [0.05, 0.1) is 20.6 Å². The molecule has 0 bridgehead atoms. The van der Waals surface area contributed by atoms with Crippen LogP contribution in [0.3, 0.4) is 0 Å². The number of pyridine rings is 1. The van der Waals surface area contributed by atoms with Crippen LogP contribution in [-0.4, -0.2) is 25.2 Å². The Balaban J connectivity index is 1.98. The SMILES string of the molecule is COc1ccc(OC)c(CC(=O)OCc2ccc(Cl)nc2)c1. The third kappa shape index (κ3) is 4.36. The van der Waals surface area contributed by atoms with Gasteiger partial charge in [0, 0.05) is 17.3 Å². The molecule has 0 saturated carbocycles. The molecule has 0 fully saturated rings. The molecule has 0 saturated heterocycles. The van der Waals surface area contributed by atoms with Gasteiger partial charge in [-0.25, -0.2) is 4.98 Å². The second kappa shape index (κ2) is 7.66. The average molecular weight is 322 g/mol. The van der Waals surface area contributed by atoms with Crippen molar-refractivity contribution in [2.45, 2.75) is 13.0 Å². The van der Waals surface area contributed by atoms with Gasteiger partial charge in [0.15, 0.2) is 0 Å². The summed E-state index contributed by atoms with van der Waals surface area (Å²) >= 11 is 5.70. The van der Waals surface area contributed by atoms with Gasteiger partial charge in [0.1, 0.15) is 23.3 Å². The largest absolute Gasteiger partial charge is 0.497 e. The molecule has 0 unspecified atom stereocenters. The summed E-state index contributed by atoms with van der Waals surface area (Å²) in [6.45, 7) is 0.148. The van der Waals surface area contributed by atoms with Crippen LogP contribution >= 0.6 is 11.6 Å². The number of carbonyl (C=O) groups excluding carboxylic acids is 1. The Labute approximate surface area is 133 Å². The van der Waals surface area contributed by atoms with Gasteiger partial charge in [-0.15, -0.1) is 0 Å². The summed E-state index contributed by atoms with van der Waals surface area (Å²) in [5.41, 5.74) is 1.48. The number of hydrogen-bond donors (Lipinski definition) is 0. The predicted molar refractivity (Wildman–Crippen MR) is 82.3 cm³/mol. The zero-order chi connectivity index (χ0) is 15.9. The van der Waals surface area contributed by atoms with E-state index in [-0.39, 0.29) is 19.0 Å². The zero-order valence-corrected chi connectivity index (χ0v) is 13.1. The number of ether oxygens (including phenoxy) is 3. The van der Waals surface area contributed by atoms with Crippen LogP contribution in [0.4, 0.5) is 0 Å². The van der Waals surface area contributed by atoms with E-state index in [9.17, 15) is 4.79 Å². The van der Waals surface area contributed by atoms with E-state index in [0.29, 0.717) is 22.2 Å². The average Bonchev–Trinajstić information content (AvgIpc) is 2.54. The van der Waals surface area contributed by atoms with Crippen LogP contribution in [0.25, 0.3) is 0 Å². The zero-order valence-electron chi connectivity index (χ0n) is 12.3. The fourth-order valence-corrected chi connectivity index (χ4v) is 1.99. The molecule has 0 spiro atoms. The molecule has 0 radical (unpaired) electrons. The number of benzene rings is 1. The lowest BCUT2D eigenvalue weighted by Gasteiger charge is -2.10. The first-order chi connectivity index (χ1) is 10.6. The van der Waals surface area contributed by atoms with Gasteiger partial charge >= 0.3 is 5.97 Å². The predicted octanol–water partition coefficient (Wildman–Crippen LogP) is 3.04. The summed E-state index contributed by atoms with van der Waals surface area (Å²) in [5, 5.41) is 0.399. The van der Waals surface area contributed by atoms with Crippen LogP contribution < -0.4 is 9.47 Å². The van der Waals surface area contributed by atoms with Crippen molar-refractivity contribution in [1.82, 2.24) is 4.98 Å². The Morgan fingerprint density at radius 1 is 1.18 bits per heavy atom. The van der Waals surface area contributed by atoms with Crippen molar-refractivity contribution in [2.24, 2.45) is 0 Å². The normalized spacial score (nSPS) is 10.1. The highest BCUT2D eigenvalue weighted by Crippen LogP contribution is 2.24. The molecule has 22 heavy (non-hydrogen) atoms. The minimum absolute atomic E-state index is 0.0986. The van der Waals surface area contributed by atoms with Crippen LogP contribution in [0.5, 0.6) is 11.5 Å². The molecule has 0 atom stereocenters. The Morgan fingerprint density at radius 2 is 2.00 bits per heavy atom. The Bertz CT molecular complexity index is 643. The topological polar surface area (TPSA) is 57.7 Å². The van der Waals surface area contributed by atoms with Crippen LogP contribution in [0.1, 0.15) is 11.1 Å². The Morgan fingerprint density at radius 3 is 2.64 bits per heavy atom. The molecule has 2 aromatic rings. The Hall–Kier alpha value is -2.27. The highest BCUT2D eigenvalue weighted by molar-refractivity contribution is 6.29. The minimum atomic E-state index is -0.360. The molecule has 0 aliphatic carbocycles. The fourth-order valence-electron chi connectivity index (χ4n) is 1.88. The summed E-state index contributed by atoms with van der Waals surface area (Å²) in [6.07, 6.45) is 1.67. The van der Waals surface area contributed by atoms with E-state index in [0.717, 1.165) is 5.56 Å². The van der Waals surface area contributed by atoms with Gasteiger partial charge in [-0.2, -0.15) is 0 Å². The monoisotopic (exact) mass is 321 g/mol. The highest BCUT2D eigenvalue weighted by atomic mass is 35.5. The van der Waals surface area contributed by atoms with Gasteiger partial charge in [0.2, 0.25) is 0 Å². The number of halogens is 1. The molecule has 0 aliphatic rings. The van der Waals surface area contributed by atoms with Gasteiger partial charge in [-0.3, -0.25) is 4.79 Å². The molecule has 2 rings (SSSR count). The van der Waals surface area contributed by atoms with Gasteiger partial charge in [-0.05, 0) is 24.3 Å². The highest BCUT2D eigenvalue weighted by Gasteiger charge is 2.11. The van der Waals surface area contributed by atoms with Crippen LogP contribution in [0.2, 0.25) is 5.15 Å². The first-order valence-corrected chi connectivity index (χ1v) is 6.97. The molecule has 1 aromatic heterocycles. The third-order valence-electron chi connectivity index (χ3n) is 3.01. The van der Waals surface area contributed by atoms with E-state index in [1.165, 1.54) is 0 Å². The van der Waals surface area contributed by atoms with Gasteiger partial charge < -0.3 is 14.2 Å². The molecule has 116 valence electrons. The molecule has 0 amide bonds. The number of carbonyl (C=O) groups is 1. The summed E-state index contributed by atoms with van der Waals surface area (Å²) < 4.78 is 15.6. The smallest absolute Gasteiger partial charge is 0.310 e. The molecule has 5 nitrogen and oxygen atoms in total. The molecular formula is C16H16ClNO4. The molecule has 0 aliphatic heterocycles. The standard InChI is InChI=1S/C16H16ClNO4/c1-20-13-4-5-14(21-2)12(7-13)8-16(19)22-10-11-3-6-15(17)18-9-11/h3-7,9H,8,10H2,1-2H3. The van der Waals surface area contributed by atoms with Crippen molar-refractivity contribution in [2.75, 3.05) is 14.2 Å². The Kier molecular flexibility index (Phi) is 5.61. The first-order valence-electron chi connectivity index (χ1n) is 6.59. The first kappa shape index (κ1) is 16.1.